The number of hydrogen-bond donors (Lipinski definition) is 1. The number of nitrogens with zero attached hydrogens (tertiary/aromatic N) is 1. The molecular weight excluding hydrogens is 242 g/mol. The summed E-state index contributed by atoms with van der Waals surface area (Å²) < 4.78 is 5.03. The van der Waals surface area contributed by atoms with Crippen LogP contribution in [-0.4, -0.2) is 31.0 Å². The molecule has 2 rings (SSSR count). The quantitative estimate of drug-likeness (QED) is 0.882. The molecular formula is C12H14ClNO3. The fourth-order valence-electron chi connectivity index (χ4n) is 1.88. The maximum atomic E-state index is 11.7. The molecule has 92 valence electrons. The number of aliphatic hydroxyl groups excluding tert-OH is 1. The van der Waals surface area contributed by atoms with Crippen molar-refractivity contribution in [3.8, 4) is 0 Å². The summed E-state index contributed by atoms with van der Waals surface area (Å²) in [5, 5.41) is 9.75. The van der Waals surface area contributed by atoms with E-state index in [1.165, 1.54) is 4.90 Å². The summed E-state index contributed by atoms with van der Waals surface area (Å²) in [5.41, 5.74) is 1.69. The van der Waals surface area contributed by atoms with Crippen molar-refractivity contribution in [2.75, 3.05) is 24.7 Å². The van der Waals surface area contributed by atoms with Crippen LogP contribution >= 0.6 is 11.6 Å². The molecule has 0 radical (unpaired) electrons. The van der Waals surface area contributed by atoms with Crippen LogP contribution in [0, 0.1) is 12.8 Å². The Bertz CT molecular complexity index is 436. The molecule has 1 saturated heterocycles. The SMILES string of the molecule is Cc1cc(Cl)ccc1N1CC(CO)COC1=O. The highest BCUT2D eigenvalue weighted by Gasteiger charge is 2.28. The van der Waals surface area contributed by atoms with Crippen LogP contribution in [0.25, 0.3) is 0 Å². The fraction of sp³-hybridized carbons (Fsp3) is 0.417. The Morgan fingerprint density at radius 3 is 3.00 bits per heavy atom. The van der Waals surface area contributed by atoms with Gasteiger partial charge in [-0.1, -0.05) is 11.6 Å². The van der Waals surface area contributed by atoms with Crippen LogP contribution in [-0.2, 0) is 4.74 Å². The summed E-state index contributed by atoms with van der Waals surface area (Å²) in [5.74, 6) is -0.0391. The lowest BCUT2D eigenvalue weighted by Gasteiger charge is -2.32. The second-order valence-electron chi connectivity index (χ2n) is 4.17. The first-order chi connectivity index (χ1) is 8.11. The second-order valence-corrected chi connectivity index (χ2v) is 4.60. The Balaban J connectivity index is 2.27. The van der Waals surface area contributed by atoms with E-state index in [2.05, 4.69) is 0 Å². The van der Waals surface area contributed by atoms with Crippen molar-refractivity contribution >= 4 is 23.4 Å². The van der Waals surface area contributed by atoms with Gasteiger partial charge >= 0.3 is 6.09 Å². The van der Waals surface area contributed by atoms with E-state index in [9.17, 15) is 4.79 Å². The lowest BCUT2D eigenvalue weighted by Crippen LogP contribution is -2.44. The normalized spacial score (nSPS) is 20.3. The zero-order valence-corrected chi connectivity index (χ0v) is 10.3. The van der Waals surface area contributed by atoms with Gasteiger partial charge in [0.1, 0.15) is 0 Å². The maximum absolute atomic E-state index is 11.7. The van der Waals surface area contributed by atoms with E-state index in [1.807, 2.05) is 6.92 Å². The number of benzene rings is 1. The predicted octanol–water partition coefficient (Wildman–Crippen LogP) is 2.21. The third-order valence-electron chi connectivity index (χ3n) is 2.81. The van der Waals surface area contributed by atoms with Crippen LogP contribution < -0.4 is 4.90 Å². The number of ether oxygens (including phenoxy) is 1. The molecule has 1 amide bonds. The molecule has 17 heavy (non-hydrogen) atoms. The summed E-state index contributed by atoms with van der Waals surface area (Å²) in [7, 11) is 0. The average Bonchev–Trinajstić information content (AvgIpc) is 2.30. The molecule has 0 aromatic heterocycles. The van der Waals surface area contributed by atoms with E-state index >= 15 is 0 Å². The lowest BCUT2D eigenvalue weighted by atomic mass is 10.1. The molecule has 0 saturated carbocycles. The second kappa shape index (κ2) is 4.94. The monoisotopic (exact) mass is 255 g/mol. The van der Waals surface area contributed by atoms with Crippen LogP contribution in [0.3, 0.4) is 0 Å². The number of carbonyl (C=O) groups excluding carboxylic acids is 1. The van der Waals surface area contributed by atoms with Gasteiger partial charge in [-0.05, 0) is 30.7 Å². The summed E-state index contributed by atoms with van der Waals surface area (Å²) in [4.78, 5) is 13.2. The minimum absolute atomic E-state index is 0.0103. The summed E-state index contributed by atoms with van der Waals surface area (Å²) in [6, 6.07) is 5.32. The van der Waals surface area contributed by atoms with E-state index in [0.717, 1.165) is 11.3 Å². The summed E-state index contributed by atoms with van der Waals surface area (Å²) in [6.07, 6.45) is -0.375. The van der Waals surface area contributed by atoms with Gasteiger partial charge in [0.15, 0.2) is 0 Å². The number of anilines is 1. The molecule has 1 aromatic rings. The molecule has 1 aromatic carbocycles. The minimum atomic E-state index is -0.375. The van der Waals surface area contributed by atoms with Gasteiger partial charge in [-0.3, -0.25) is 4.90 Å². The van der Waals surface area contributed by atoms with Crippen LogP contribution in [0.5, 0.6) is 0 Å². The number of amides is 1. The molecule has 1 atom stereocenters. The van der Waals surface area contributed by atoms with Gasteiger partial charge in [0, 0.05) is 17.5 Å². The zero-order valence-electron chi connectivity index (χ0n) is 9.52. The molecule has 0 spiro atoms. The van der Waals surface area contributed by atoms with E-state index in [0.29, 0.717) is 11.6 Å². The van der Waals surface area contributed by atoms with E-state index < -0.39 is 0 Å². The summed E-state index contributed by atoms with van der Waals surface area (Å²) in [6.45, 7) is 2.64. The predicted molar refractivity (Wildman–Crippen MR) is 65.5 cm³/mol. The number of aliphatic hydroxyl groups is 1. The number of aryl methyl sites for hydroxylation is 1. The zero-order chi connectivity index (χ0) is 12.4. The molecule has 0 aliphatic carbocycles. The van der Waals surface area contributed by atoms with Gasteiger partial charge < -0.3 is 9.84 Å². The molecule has 1 N–H and O–H groups in total. The van der Waals surface area contributed by atoms with Crippen molar-refractivity contribution in [1.29, 1.82) is 0 Å². The van der Waals surface area contributed by atoms with Crippen molar-refractivity contribution in [3.63, 3.8) is 0 Å². The van der Waals surface area contributed by atoms with Crippen molar-refractivity contribution in [3.05, 3.63) is 28.8 Å². The Morgan fingerprint density at radius 1 is 1.59 bits per heavy atom. The molecule has 0 bridgehead atoms. The molecule has 1 unspecified atom stereocenters. The average molecular weight is 256 g/mol. The van der Waals surface area contributed by atoms with E-state index in [4.69, 9.17) is 21.4 Å². The highest BCUT2D eigenvalue weighted by atomic mass is 35.5. The Labute approximate surface area is 105 Å². The minimum Gasteiger partial charge on any atom is -0.449 e. The van der Waals surface area contributed by atoms with Gasteiger partial charge in [0.25, 0.3) is 0 Å². The number of rotatable bonds is 2. The first-order valence-electron chi connectivity index (χ1n) is 5.43. The van der Waals surface area contributed by atoms with Gasteiger partial charge in [-0.2, -0.15) is 0 Å². The topological polar surface area (TPSA) is 49.8 Å². The maximum Gasteiger partial charge on any atom is 0.414 e. The molecule has 5 heteroatoms. The van der Waals surface area contributed by atoms with Crippen LogP contribution in [0.15, 0.2) is 18.2 Å². The van der Waals surface area contributed by atoms with E-state index in [-0.39, 0.29) is 25.2 Å². The largest absolute Gasteiger partial charge is 0.449 e. The number of halogens is 1. The first-order valence-corrected chi connectivity index (χ1v) is 5.81. The third-order valence-corrected chi connectivity index (χ3v) is 3.05. The Hall–Kier alpha value is -1.26. The van der Waals surface area contributed by atoms with Gasteiger partial charge in [-0.25, -0.2) is 4.79 Å². The number of cyclic esters (lactones) is 1. The smallest absolute Gasteiger partial charge is 0.414 e. The van der Waals surface area contributed by atoms with Gasteiger partial charge in [-0.15, -0.1) is 0 Å². The fourth-order valence-corrected chi connectivity index (χ4v) is 2.11. The molecule has 1 fully saturated rings. The molecule has 4 nitrogen and oxygen atoms in total. The van der Waals surface area contributed by atoms with Gasteiger partial charge in [0.2, 0.25) is 0 Å². The van der Waals surface area contributed by atoms with Crippen LogP contribution in [0.4, 0.5) is 10.5 Å². The van der Waals surface area contributed by atoms with Crippen molar-refractivity contribution < 1.29 is 14.6 Å². The van der Waals surface area contributed by atoms with Crippen LogP contribution in [0.1, 0.15) is 5.56 Å². The Kier molecular flexibility index (Phi) is 3.54. The first kappa shape index (κ1) is 12.2. The van der Waals surface area contributed by atoms with Crippen LogP contribution in [0.2, 0.25) is 5.02 Å². The van der Waals surface area contributed by atoms with E-state index in [1.54, 1.807) is 18.2 Å². The van der Waals surface area contributed by atoms with Crippen molar-refractivity contribution in [1.82, 2.24) is 0 Å². The molecule has 1 aliphatic heterocycles. The highest BCUT2D eigenvalue weighted by Crippen LogP contribution is 2.26. The lowest BCUT2D eigenvalue weighted by molar-refractivity contribution is 0.0899. The highest BCUT2D eigenvalue weighted by molar-refractivity contribution is 6.30. The Morgan fingerprint density at radius 2 is 2.35 bits per heavy atom. The summed E-state index contributed by atoms with van der Waals surface area (Å²) >= 11 is 5.87. The number of carbonyl (C=O) groups is 1. The van der Waals surface area contributed by atoms with Crippen molar-refractivity contribution in [2.45, 2.75) is 6.92 Å². The van der Waals surface area contributed by atoms with Crippen molar-refractivity contribution in [2.24, 2.45) is 5.92 Å². The molecule has 1 heterocycles. The standard InChI is InChI=1S/C12H14ClNO3/c1-8-4-10(13)2-3-11(8)14-5-9(6-15)7-17-12(14)16/h2-4,9,15H,5-7H2,1H3. The number of hydrogen-bond acceptors (Lipinski definition) is 3. The third kappa shape index (κ3) is 2.53. The van der Waals surface area contributed by atoms with Gasteiger partial charge in [0.05, 0.1) is 18.9 Å². The molecule has 1 aliphatic rings.